The van der Waals surface area contributed by atoms with Crippen molar-refractivity contribution in [2.24, 2.45) is 5.41 Å². The standard InChI is InChI=1S/C16H33Cl/c1-5-8-9-10-11-12-15(17)14-16(4,7-3)13-6-2/h15H,5-14H2,1-4H3. The number of rotatable bonds is 11. The highest BCUT2D eigenvalue weighted by molar-refractivity contribution is 6.20. The molecule has 0 aliphatic carbocycles. The van der Waals surface area contributed by atoms with Gasteiger partial charge in [0.25, 0.3) is 0 Å². The Morgan fingerprint density at radius 3 is 2.12 bits per heavy atom. The van der Waals surface area contributed by atoms with Gasteiger partial charge in [-0.25, -0.2) is 0 Å². The number of halogens is 1. The molecule has 0 heterocycles. The fourth-order valence-corrected chi connectivity index (χ4v) is 3.16. The van der Waals surface area contributed by atoms with E-state index in [1.165, 1.54) is 64.2 Å². The van der Waals surface area contributed by atoms with Crippen LogP contribution in [0.1, 0.15) is 91.9 Å². The zero-order chi connectivity index (χ0) is 13.1. The van der Waals surface area contributed by atoms with Gasteiger partial charge in [0, 0.05) is 5.38 Å². The molecule has 2 unspecified atom stereocenters. The SMILES string of the molecule is CCCCCCCC(Cl)CC(C)(CC)CCC. The fraction of sp³-hybridized carbons (Fsp3) is 1.00. The van der Waals surface area contributed by atoms with Gasteiger partial charge < -0.3 is 0 Å². The van der Waals surface area contributed by atoms with Gasteiger partial charge in [-0.2, -0.15) is 0 Å². The maximum absolute atomic E-state index is 6.49. The van der Waals surface area contributed by atoms with E-state index in [4.69, 9.17) is 11.6 Å². The minimum Gasteiger partial charge on any atom is -0.123 e. The highest BCUT2D eigenvalue weighted by Crippen LogP contribution is 2.35. The van der Waals surface area contributed by atoms with Gasteiger partial charge in [-0.1, -0.05) is 72.6 Å². The second-order valence-corrected chi connectivity index (χ2v) is 6.54. The highest BCUT2D eigenvalue weighted by Gasteiger charge is 2.24. The van der Waals surface area contributed by atoms with Crippen molar-refractivity contribution in [1.29, 1.82) is 0 Å². The molecular formula is C16H33Cl. The largest absolute Gasteiger partial charge is 0.123 e. The van der Waals surface area contributed by atoms with Gasteiger partial charge in [0.1, 0.15) is 0 Å². The van der Waals surface area contributed by atoms with Crippen LogP contribution in [-0.4, -0.2) is 5.38 Å². The Labute approximate surface area is 115 Å². The van der Waals surface area contributed by atoms with Crippen LogP contribution in [0.5, 0.6) is 0 Å². The smallest absolute Gasteiger partial charge is 0.0341 e. The average molecular weight is 261 g/mol. The molecule has 0 aromatic rings. The summed E-state index contributed by atoms with van der Waals surface area (Å²) >= 11 is 6.49. The molecule has 0 spiro atoms. The lowest BCUT2D eigenvalue weighted by Crippen LogP contribution is -2.20. The average Bonchev–Trinajstić information content (AvgIpc) is 2.29. The van der Waals surface area contributed by atoms with E-state index in [0.717, 1.165) is 0 Å². The summed E-state index contributed by atoms with van der Waals surface area (Å²) in [5.74, 6) is 0. The molecule has 0 saturated carbocycles. The predicted molar refractivity (Wildman–Crippen MR) is 80.9 cm³/mol. The van der Waals surface area contributed by atoms with Crippen LogP contribution in [0.3, 0.4) is 0 Å². The zero-order valence-electron chi connectivity index (χ0n) is 12.5. The molecule has 0 fully saturated rings. The van der Waals surface area contributed by atoms with Crippen LogP contribution < -0.4 is 0 Å². The Balaban J connectivity index is 3.71. The molecule has 17 heavy (non-hydrogen) atoms. The van der Waals surface area contributed by atoms with Gasteiger partial charge in [-0.3, -0.25) is 0 Å². The maximum atomic E-state index is 6.49. The Hall–Kier alpha value is 0.290. The topological polar surface area (TPSA) is 0 Å². The van der Waals surface area contributed by atoms with Gasteiger partial charge in [0.15, 0.2) is 0 Å². The number of hydrogen-bond donors (Lipinski definition) is 0. The molecular weight excluding hydrogens is 228 g/mol. The van der Waals surface area contributed by atoms with E-state index in [-0.39, 0.29) is 0 Å². The Morgan fingerprint density at radius 2 is 1.59 bits per heavy atom. The van der Waals surface area contributed by atoms with Crippen LogP contribution in [0.15, 0.2) is 0 Å². The molecule has 0 radical (unpaired) electrons. The van der Waals surface area contributed by atoms with E-state index in [2.05, 4.69) is 27.7 Å². The summed E-state index contributed by atoms with van der Waals surface area (Å²) in [7, 11) is 0. The number of hydrogen-bond acceptors (Lipinski definition) is 0. The highest BCUT2D eigenvalue weighted by atomic mass is 35.5. The van der Waals surface area contributed by atoms with Gasteiger partial charge in [0.05, 0.1) is 0 Å². The first kappa shape index (κ1) is 17.3. The summed E-state index contributed by atoms with van der Waals surface area (Å²) in [6.07, 6.45) is 13.1. The van der Waals surface area contributed by atoms with Crippen molar-refractivity contribution in [1.82, 2.24) is 0 Å². The van der Waals surface area contributed by atoms with Crippen molar-refractivity contribution < 1.29 is 0 Å². The molecule has 0 nitrogen and oxygen atoms in total. The summed E-state index contributed by atoms with van der Waals surface area (Å²) in [6.45, 7) is 9.26. The van der Waals surface area contributed by atoms with Gasteiger partial charge in [-0.15, -0.1) is 11.6 Å². The van der Waals surface area contributed by atoms with Gasteiger partial charge in [-0.05, 0) is 24.7 Å². The van der Waals surface area contributed by atoms with E-state index < -0.39 is 0 Å². The number of alkyl halides is 1. The van der Waals surface area contributed by atoms with Crippen molar-refractivity contribution in [3.63, 3.8) is 0 Å². The Bertz CT molecular complexity index is 167. The minimum absolute atomic E-state index is 0.396. The maximum Gasteiger partial charge on any atom is 0.0341 e. The second-order valence-electron chi connectivity index (χ2n) is 5.92. The molecule has 0 rings (SSSR count). The molecule has 104 valence electrons. The third kappa shape index (κ3) is 8.94. The van der Waals surface area contributed by atoms with Crippen LogP contribution in [0.4, 0.5) is 0 Å². The lowest BCUT2D eigenvalue weighted by Gasteiger charge is -2.30. The normalized spacial score (nSPS) is 16.8. The first-order valence-electron chi connectivity index (χ1n) is 7.72. The predicted octanol–water partition coefficient (Wildman–Crippen LogP) is 6.56. The van der Waals surface area contributed by atoms with Gasteiger partial charge in [0.2, 0.25) is 0 Å². The molecule has 0 saturated heterocycles. The van der Waals surface area contributed by atoms with Crippen molar-refractivity contribution in [2.75, 3.05) is 0 Å². The lowest BCUT2D eigenvalue weighted by atomic mass is 9.78. The minimum atomic E-state index is 0.396. The lowest BCUT2D eigenvalue weighted by molar-refractivity contribution is 0.250. The van der Waals surface area contributed by atoms with E-state index in [1.54, 1.807) is 0 Å². The van der Waals surface area contributed by atoms with Crippen molar-refractivity contribution in [3.05, 3.63) is 0 Å². The molecule has 0 aromatic carbocycles. The van der Waals surface area contributed by atoms with Gasteiger partial charge >= 0.3 is 0 Å². The Kier molecular flexibility index (Phi) is 10.4. The van der Waals surface area contributed by atoms with Crippen LogP contribution >= 0.6 is 11.6 Å². The molecule has 2 atom stereocenters. The fourth-order valence-electron chi connectivity index (χ4n) is 2.63. The first-order valence-corrected chi connectivity index (χ1v) is 8.15. The molecule has 0 N–H and O–H groups in total. The number of unbranched alkanes of at least 4 members (excludes halogenated alkanes) is 4. The second kappa shape index (κ2) is 10.2. The Morgan fingerprint density at radius 1 is 0.941 bits per heavy atom. The van der Waals surface area contributed by atoms with Crippen molar-refractivity contribution in [3.8, 4) is 0 Å². The zero-order valence-corrected chi connectivity index (χ0v) is 13.3. The van der Waals surface area contributed by atoms with E-state index in [0.29, 0.717) is 10.8 Å². The monoisotopic (exact) mass is 260 g/mol. The third-order valence-corrected chi connectivity index (χ3v) is 4.41. The van der Waals surface area contributed by atoms with Crippen molar-refractivity contribution >= 4 is 11.6 Å². The first-order chi connectivity index (χ1) is 8.08. The van der Waals surface area contributed by atoms with Crippen LogP contribution in [0.2, 0.25) is 0 Å². The van der Waals surface area contributed by atoms with Crippen LogP contribution in [0, 0.1) is 5.41 Å². The molecule has 0 aliphatic rings. The summed E-state index contributed by atoms with van der Waals surface area (Å²) in [4.78, 5) is 0. The molecule has 1 heteroatoms. The van der Waals surface area contributed by atoms with E-state index >= 15 is 0 Å². The summed E-state index contributed by atoms with van der Waals surface area (Å²) in [5, 5.41) is 0.396. The van der Waals surface area contributed by atoms with Crippen LogP contribution in [-0.2, 0) is 0 Å². The summed E-state index contributed by atoms with van der Waals surface area (Å²) in [6, 6.07) is 0. The van der Waals surface area contributed by atoms with Crippen LogP contribution in [0.25, 0.3) is 0 Å². The van der Waals surface area contributed by atoms with E-state index in [9.17, 15) is 0 Å². The molecule has 0 amide bonds. The summed E-state index contributed by atoms with van der Waals surface area (Å²) in [5.41, 5.74) is 0.477. The third-order valence-electron chi connectivity index (χ3n) is 4.04. The molecule has 0 aliphatic heterocycles. The van der Waals surface area contributed by atoms with Crippen molar-refractivity contribution in [2.45, 2.75) is 97.3 Å². The quantitative estimate of drug-likeness (QED) is 0.291. The summed E-state index contributed by atoms with van der Waals surface area (Å²) < 4.78 is 0. The molecule has 0 aromatic heterocycles. The van der Waals surface area contributed by atoms with E-state index in [1.807, 2.05) is 0 Å². The molecule has 0 bridgehead atoms.